The highest BCUT2D eigenvalue weighted by Gasteiger charge is 2.32. The maximum absolute atomic E-state index is 9.96. The molecular weight excluding hydrogens is 260 g/mol. The molecule has 5 heteroatoms. The van der Waals surface area contributed by atoms with Crippen LogP contribution in [0.3, 0.4) is 0 Å². The van der Waals surface area contributed by atoms with Crippen LogP contribution < -0.4 is 0 Å². The van der Waals surface area contributed by atoms with Crippen molar-refractivity contribution in [3.05, 3.63) is 41.5 Å². The Labute approximate surface area is 116 Å². The summed E-state index contributed by atoms with van der Waals surface area (Å²) in [5.41, 5.74) is -0.331. The van der Waals surface area contributed by atoms with Crippen LogP contribution in [-0.4, -0.2) is 25.5 Å². The van der Waals surface area contributed by atoms with Crippen LogP contribution >= 0.6 is 0 Å². The van der Waals surface area contributed by atoms with Crippen LogP contribution in [0.5, 0.6) is 28.7 Å². The van der Waals surface area contributed by atoms with Crippen molar-refractivity contribution in [2.45, 2.75) is 19.3 Å². The van der Waals surface area contributed by atoms with Crippen molar-refractivity contribution >= 4 is 0 Å². The molecule has 5 N–H and O–H groups in total. The van der Waals surface area contributed by atoms with Gasteiger partial charge >= 0.3 is 0 Å². The molecule has 0 aliphatic rings. The molecule has 5 nitrogen and oxygen atoms in total. The quantitative estimate of drug-likeness (QED) is 0.580. The minimum atomic E-state index is -0.931. The molecule has 0 atom stereocenters. The average Bonchev–Trinajstić information content (AvgIpc) is 2.25. The second-order valence-electron chi connectivity index (χ2n) is 5.19. The number of rotatable bonds is 2. The highest BCUT2D eigenvalue weighted by Crippen LogP contribution is 2.46. The van der Waals surface area contributed by atoms with E-state index >= 15 is 0 Å². The molecule has 0 heterocycles. The number of benzene rings is 2. The van der Waals surface area contributed by atoms with Crippen LogP contribution in [-0.2, 0) is 5.41 Å². The molecule has 0 amide bonds. The largest absolute Gasteiger partial charge is 0.508 e. The van der Waals surface area contributed by atoms with Gasteiger partial charge in [0.05, 0.1) is 0 Å². The third-order valence-electron chi connectivity index (χ3n) is 3.36. The summed E-state index contributed by atoms with van der Waals surface area (Å²) in [4.78, 5) is 0. The number of phenolic OH excluding ortho intramolecular Hbond substituents is 5. The Bertz CT molecular complexity index is 638. The van der Waals surface area contributed by atoms with Gasteiger partial charge < -0.3 is 25.5 Å². The summed E-state index contributed by atoms with van der Waals surface area (Å²) in [5.74, 6) is -1.04. The van der Waals surface area contributed by atoms with E-state index in [-0.39, 0.29) is 34.3 Å². The monoisotopic (exact) mass is 276 g/mol. The molecule has 0 aliphatic heterocycles. The van der Waals surface area contributed by atoms with Crippen LogP contribution in [0.1, 0.15) is 25.0 Å². The minimum absolute atomic E-state index is 0.0822. The van der Waals surface area contributed by atoms with Crippen molar-refractivity contribution in [2.24, 2.45) is 0 Å². The molecule has 2 rings (SSSR count). The van der Waals surface area contributed by atoms with Gasteiger partial charge in [-0.15, -0.1) is 0 Å². The predicted molar refractivity (Wildman–Crippen MR) is 73.3 cm³/mol. The highest BCUT2D eigenvalue weighted by atomic mass is 16.3. The fourth-order valence-corrected chi connectivity index (χ4v) is 2.42. The Hall–Kier alpha value is -2.56. The lowest BCUT2D eigenvalue weighted by Crippen LogP contribution is -2.19. The number of hydrogen-bond donors (Lipinski definition) is 5. The zero-order valence-corrected chi connectivity index (χ0v) is 11.1. The van der Waals surface area contributed by atoms with Crippen LogP contribution in [0, 0.1) is 0 Å². The molecule has 106 valence electrons. The normalized spacial score (nSPS) is 11.5. The molecule has 0 aromatic heterocycles. The second kappa shape index (κ2) is 4.52. The predicted octanol–water partition coefficient (Wildman–Crippen LogP) is 2.54. The summed E-state index contributed by atoms with van der Waals surface area (Å²) in [6.45, 7) is 3.40. The molecule has 0 unspecified atom stereocenters. The van der Waals surface area contributed by atoms with Crippen LogP contribution in [0.25, 0.3) is 0 Å². The maximum Gasteiger partial charge on any atom is 0.127 e. The third-order valence-corrected chi connectivity index (χ3v) is 3.36. The van der Waals surface area contributed by atoms with E-state index in [1.807, 2.05) is 0 Å². The van der Waals surface area contributed by atoms with E-state index in [0.717, 1.165) is 12.1 Å². The second-order valence-corrected chi connectivity index (χ2v) is 5.19. The molecule has 0 radical (unpaired) electrons. The Morgan fingerprint density at radius 1 is 0.700 bits per heavy atom. The van der Waals surface area contributed by atoms with Gasteiger partial charge in [0, 0.05) is 34.7 Å². The summed E-state index contributed by atoms with van der Waals surface area (Å²) in [5, 5.41) is 48.5. The lowest BCUT2D eigenvalue weighted by molar-refractivity contribution is 0.397. The van der Waals surface area contributed by atoms with E-state index in [1.54, 1.807) is 13.8 Å². The fourth-order valence-electron chi connectivity index (χ4n) is 2.42. The molecule has 2 aromatic carbocycles. The van der Waals surface area contributed by atoms with Crippen molar-refractivity contribution in [1.82, 2.24) is 0 Å². The first kappa shape index (κ1) is 13.9. The molecule has 2 aromatic rings. The highest BCUT2D eigenvalue weighted by molar-refractivity contribution is 5.58. The summed E-state index contributed by atoms with van der Waals surface area (Å²) in [6, 6.07) is 6.34. The van der Waals surface area contributed by atoms with Crippen LogP contribution in [0.4, 0.5) is 0 Å². The molecule has 0 bridgehead atoms. The fraction of sp³-hybridized carbons (Fsp3) is 0.200. The summed E-state index contributed by atoms with van der Waals surface area (Å²) in [6.07, 6.45) is 0. The van der Waals surface area contributed by atoms with E-state index in [2.05, 4.69) is 0 Å². The standard InChI is InChI=1S/C15H16O5/c1-15(2,10-4-3-8(16)5-11(10)18)14-12(19)6-9(17)7-13(14)20/h3-7,16-20H,1-2H3. The SMILES string of the molecule is CC(C)(c1ccc(O)cc1O)c1c(O)cc(O)cc1O. The van der Waals surface area contributed by atoms with Crippen molar-refractivity contribution in [1.29, 1.82) is 0 Å². The maximum atomic E-state index is 9.96. The number of aromatic hydroxyl groups is 5. The lowest BCUT2D eigenvalue weighted by atomic mass is 9.76. The molecule has 0 saturated heterocycles. The van der Waals surface area contributed by atoms with Gasteiger partial charge in [-0.2, -0.15) is 0 Å². The average molecular weight is 276 g/mol. The van der Waals surface area contributed by atoms with Gasteiger partial charge in [0.25, 0.3) is 0 Å². The molecule has 0 spiro atoms. The zero-order valence-electron chi connectivity index (χ0n) is 11.1. The van der Waals surface area contributed by atoms with E-state index in [1.165, 1.54) is 18.2 Å². The summed E-state index contributed by atoms with van der Waals surface area (Å²) >= 11 is 0. The molecule has 0 saturated carbocycles. The van der Waals surface area contributed by atoms with E-state index in [0.29, 0.717) is 5.56 Å². The Morgan fingerprint density at radius 2 is 1.20 bits per heavy atom. The third kappa shape index (κ3) is 2.18. The molecule has 0 fully saturated rings. The molecular formula is C15H16O5. The summed E-state index contributed by atoms with van der Waals surface area (Å²) in [7, 11) is 0. The Morgan fingerprint density at radius 3 is 1.70 bits per heavy atom. The minimum Gasteiger partial charge on any atom is -0.508 e. The van der Waals surface area contributed by atoms with Gasteiger partial charge in [-0.05, 0) is 6.07 Å². The van der Waals surface area contributed by atoms with E-state index in [9.17, 15) is 25.5 Å². The van der Waals surface area contributed by atoms with Gasteiger partial charge in [-0.25, -0.2) is 0 Å². The van der Waals surface area contributed by atoms with Gasteiger partial charge in [0.1, 0.15) is 28.7 Å². The first-order valence-electron chi connectivity index (χ1n) is 6.01. The Balaban J connectivity index is 2.66. The van der Waals surface area contributed by atoms with Gasteiger partial charge in [0.15, 0.2) is 0 Å². The summed E-state index contributed by atoms with van der Waals surface area (Å²) < 4.78 is 0. The Kier molecular flexibility index (Phi) is 3.13. The van der Waals surface area contributed by atoms with Crippen molar-refractivity contribution in [2.75, 3.05) is 0 Å². The van der Waals surface area contributed by atoms with Crippen molar-refractivity contribution in [3.63, 3.8) is 0 Å². The first-order chi connectivity index (χ1) is 9.23. The zero-order chi connectivity index (χ0) is 15.1. The smallest absolute Gasteiger partial charge is 0.127 e. The molecule has 0 aliphatic carbocycles. The van der Waals surface area contributed by atoms with Crippen molar-refractivity contribution < 1.29 is 25.5 Å². The van der Waals surface area contributed by atoms with Crippen LogP contribution in [0.15, 0.2) is 30.3 Å². The molecule has 20 heavy (non-hydrogen) atoms. The van der Waals surface area contributed by atoms with Gasteiger partial charge in [-0.1, -0.05) is 19.9 Å². The number of phenols is 5. The topological polar surface area (TPSA) is 101 Å². The van der Waals surface area contributed by atoms with E-state index < -0.39 is 5.41 Å². The van der Waals surface area contributed by atoms with Crippen LogP contribution in [0.2, 0.25) is 0 Å². The lowest BCUT2D eigenvalue weighted by Gasteiger charge is -2.28. The van der Waals surface area contributed by atoms with Gasteiger partial charge in [0.2, 0.25) is 0 Å². The van der Waals surface area contributed by atoms with Gasteiger partial charge in [-0.3, -0.25) is 0 Å². The van der Waals surface area contributed by atoms with Crippen molar-refractivity contribution in [3.8, 4) is 28.7 Å². The van der Waals surface area contributed by atoms with E-state index in [4.69, 9.17) is 0 Å². The first-order valence-corrected chi connectivity index (χ1v) is 6.01. The number of hydrogen-bond acceptors (Lipinski definition) is 5.